The predicted molar refractivity (Wildman–Crippen MR) is 94.0 cm³/mol. The van der Waals surface area contributed by atoms with Crippen LogP contribution >= 0.6 is 0 Å². The number of esters is 1. The maximum atomic E-state index is 11.7. The fourth-order valence-corrected chi connectivity index (χ4v) is 2.43. The lowest BCUT2D eigenvalue weighted by molar-refractivity contribution is -0.148. The van der Waals surface area contributed by atoms with E-state index in [4.69, 9.17) is 4.74 Å². The second-order valence-corrected chi connectivity index (χ2v) is 5.68. The van der Waals surface area contributed by atoms with Crippen molar-refractivity contribution in [2.75, 3.05) is 13.2 Å². The first-order valence-electron chi connectivity index (χ1n) is 8.38. The number of hydrogen-bond donors (Lipinski definition) is 3. The van der Waals surface area contributed by atoms with Crippen LogP contribution in [0.4, 0.5) is 4.79 Å². The van der Waals surface area contributed by atoms with E-state index in [0.29, 0.717) is 13.0 Å². The van der Waals surface area contributed by atoms with E-state index in [-0.39, 0.29) is 6.42 Å². The molecule has 0 saturated heterocycles. The van der Waals surface area contributed by atoms with E-state index < -0.39 is 24.5 Å². The Bertz CT molecular complexity index is 739. The van der Waals surface area contributed by atoms with Crippen molar-refractivity contribution < 1.29 is 19.1 Å². The summed E-state index contributed by atoms with van der Waals surface area (Å²) < 4.78 is 4.88. The predicted octanol–water partition coefficient (Wildman–Crippen LogP) is 2.27. The first-order valence-corrected chi connectivity index (χ1v) is 8.38. The van der Waals surface area contributed by atoms with Gasteiger partial charge in [-0.2, -0.15) is 0 Å². The first-order chi connectivity index (χ1) is 12.1. The number of hydrogen-bond acceptors (Lipinski definition) is 4. The molecule has 0 radical (unpaired) electrons. The Labute approximate surface area is 146 Å². The van der Waals surface area contributed by atoms with Gasteiger partial charge in [0.15, 0.2) is 6.61 Å². The Morgan fingerprint density at radius 2 is 2.00 bits per heavy atom. The molecule has 1 heterocycles. The van der Waals surface area contributed by atoms with Crippen molar-refractivity contribution in [1.82, 2.24) is 15.6 Å². The van der Waals surface area contributed by atoms with E-state index in [0.717, 1.165) is 29.3 Å². The number of benzene rings is 1. The Kier molecular flexibility index (Phi) is 7.00. The summed E-state index contributed by atoms with van der Waals surface area (Å²) in [6.07, 6.45) is 4.30. The first kappa shape index (κ1) is 18.5. The van der Waals surface area contributed by atoms with Crippen LogP contribution in [0.3, 0.4) is 0 Å². The van der Waals surface area contributed by atoms with Gasteiger partial charge < -0.3 is 15.0 Å². The summed E-state index contributed by atoms with van der Waals surface area (Å²) in [5.41, 5.74) is 2.21. The number of aromatic nitrogens is 1. The number of imide groups is 1. The maximum absolute atomic E-state index is 11.7. The van der Waals surface area contributed by atoms with Crippen LogP contribution in [-0.2, 0) is 20.7 Å². The van der Waals surface area contributed by atoms with Gasteiger partial charge in [-0.15, -0.1) is 0 Å². The highest BCUT2D eigenvalue weighted by molar-refractivity contribution is 5.95. The lowest BCUT2D eigenvalue weighted by Crippen LogP contribution is -2.41. The molecule has 0 bridgehead atoms. The monoisotopic (exact) mass is 345 g/mol. The quantitative estimate of drug-likeness (QED) is 0.639. The smallest absolute Gasteiger partial charge is 0.321 e. The van der Waals surface area contributed by atoms with E-state index in [9.17, 15) is 14.4 Å². The molecular weight excluding hydrogens is 322 g/mol. The number of H-pyrrole nitrogens is 1. The molecule has 1 aromatic carbocycles. The molecule has 1 aromatic heterocycles. The largest absolute Gasteiger partial charge is 0.456 e. The lowest BCUT2D eigenvalue weighted by atomic mass is 10.1. The molecule has 25 heavy (non-hydrogen) atoms. The van der Waals surface area contributed by atoms with Gasteiger partial charge in [0, 0.05) is 30.1 Å². The number of rotatable bonds is 8. The minimum atomic E-state index is -0.640. The average molecular weight is 345 g/mol. The molecule has 3 N–H and O–H groups in total. The highest BCUT2D eigenvalue weighted by atomic mass is 16.5. The minimum Gasteiger partial charge on any atom is -0.456 e. The van der Waals surface area contributed by atoms with E-state index in [2.05, 4.69) is 15.6 Å². The number of para-hydroxylation sites is 1. The van der Waals surface area contributed by atoms with E-state index in [1.807, 2.05) is 37.4 Å². The van der Waals surface area contributed by atoms with Crippen LogP contribution in [0.5, 0.6) is 0 Å². The molecule has 0 aliphatic rings. The Balaban J connectivity index is 1.65. The molecule has 0 aliphatic heterocycles. The van der Waals surface area contributed by atoms with Crippen LogP contribution in [0.1, 0.15) is 31.7 Å². The molecule has 7 heteroatoms. The van der Waals surface area contributed by atoms with Crippen LogP contribution in [0.25, 0.3) is 10.9 Å². The number of carbonyl (C=O) groups is 3. The van der Waals surface area contributed by atoms with Gasteiger partial charge in [-0.1, -0.05) is 25.1 Å². The van der Waals surface area contributed by atoms with E-state index in [1.165, 1.54) is 0 Å². The summed E-state index contributed by atoms with van der Waals surface area (Å²) >= 11 is 0. The van der Waals surface area contributed by atoms with Gasteiger partial charge in [0.1, 0.15) is 0 Å². The number of nitrogens with one attached hydrogen (secondary N) is 3. The topological polar surface area (TPSA) is 100 Å². The third-order valence-electron chi connectivity index (χ3n) is 3.65. The van der Waals surface area contributed by atoms with Crippen molar-refractivity contribution >= 4 is 28.8 Å². The standard InChI is InChI=1S/C18H23N3O4/c1-2-10-19-18(24)21-16(22)12-25-17(23)9-5-6-13-11-20-15-8-4-3-7-14(13)15/h3-4,7-8,11,20H,2,5-6,9-10,12H2,1H3,(H2,19,21,22,24). The average Bonchev–Trinajstić information content (AvgIpc) is 3.01. The van der Waals surface area contributed by atoms with Crippen molar-refractivity contribution in [3.05, 3.63) is 36.0 Å². The normalized spacial score (nSPS) is 10.4. The van der Waals surface area contributed by atoms with Gasteiger partial charge in [-0.05, 0) is 30.9 Å². The molecule has 0 aliphatic carbocycles. The van der Waals surface area contributed by atoms with Crippen molar-refractivity contribution in [2.24, 2.45) is 0 Å². The summed E-state index contributed by atoms with van der Waals surface area (Å²) in [6.45, 7) is 1.93. The molecule has 3 amide bonds. The molecule has 0 atom stereocenters. The zero-order valence-corrected chi connectivity index (χ0v) is 14.3. The van der Waals surface area contributed by atoms with Gasteiger partial charge in [0.2, 0.25) is 0 Å². The third-order valence-corrected chi connectivity index (χ3v) is 3.65. The van der Waals surface area contributed by atoms with Crippen LogP contribution in [0, 0.1) is 0 Å². The zero-order chi connectivity index (χ0) is 18.1. The molecule has 0 unspecified atom stereocenters. The second-order valence-electron chi connectivity index (χ2n) is 5.68. The minimum absolute atomic E-state index is 0.217. The summed E-state index contributed by atoms with van der Waals surface area (Å²) in [5.74, 6) is -1.09. The number of amides is 3. The molecule has 2 aromatic rings. The van der Waals surface area contributed by atoms with E-state index >= 15 is 0 Å². The number of ether oxygens (including phenoxy) is 1. The molecule has 134 valence electrons. The second kappa shape index (κ2) is 9.46. The fraction of sp³-hybridized carbons (Fsp3) is 0.389. The maximum Gasteiger partial charge on any atom is 0.321 e. The van der Waals surface area contributed by atoms with Gasteiger partial charge >= 0.3 is 12.0 Å². The van der Waals surface area contributed by atoms with Gasteiger partial charge in [0.25, 0.3) is 5.91 Å². The molecule has 2 rings (SSSR count). The molecule has 0 saturated carbocycles. The molecule has 0 spiro atoms. The summed E-state index contributed by atoms with van der Waals surface area (Å²) in [7, 11) is 0. The van der Waals surface area contributed by atoms with Crippen molar-refractivity contribution in [2.45, 2.75) is 32.6 Å². The van der Waals surface area contributed by atoms with Gasteiger partial charge in [0.05, 0.1) is 0 Å². The lowest BCUT2D eigenvalue weighted by Gasteiger charge is -2.06. The van der Waals surface area contributed by atoms with Crippen molar-refractivity contribution in [3.63, 3.8) is 0 Å². The molecule has 0 fully saturated rings. The van der Waals surface area contributed by atoms with Crippen LogP contribution in [0.2, 0.25) is 0 Å². The number of urea groups is 1. The Morgan fingerprint density at radius 1 is 1.20 bits per heavy atom. The number of carbonyl (C=O) groups excluding carboxylic acids is 3. The number of aryl methyl sites for hydroxylation is 1. The summed E-state index contributed by atoms with van der Waals surface area (Å²) in [5, 5.41) is 5.75. The zero-order valence-electron chi connectivity index (χ0n) is 14.3. The van der Waals surface area contributed by atoms with E-state index in [1.54, 1.807) is 0 Å². The SMILES string of the molecule is CCCNC(=O)NC(=O)COC(=O)CCCc1c[nH]c2ccccc12. The van der Waals surface area contributed by atoms with Crippen LogP contribution in [-0.4, -0.2) is 36.0 Å². The van der Waals surface area contributed by atoms with Gasteiger partial charge in [-0.25, -0.2) is 4.79 Å². The Hall–Kier alpha value is -2.83. The summed E-state index contributed by atoms with van der Waals surface area (Å²) in [4.78, 5) is 37.6. The third kappa shape index (κ3) is 5.95. The molecule has 7 nitrogen and oxygen atoms in total. The van der Waals surface area contributed by atoms with Crippen LogP contribution < -0.4 is 10.6 Å². The molecular formula is C18H23N3O4. The van der Waals surface area contributed by atoms with Crippen LogP contribution in [0.15, 0.2) is 30.5 Å². The summed E-state index contributed by atoms with van der Waals surface area (Å²) in [6, 6.07) is 7.40. The highest BCUT2D eigenvalue weighted by Crippen LogP contribution is 2.19. The Morgan fingerprint density at radius 3 is 2.80 bits per heavy atom. The number of aromatic amines is 1. The highest BCUT2D eigenvalue weighted by Gasteiger charge is 2.11. The van der Waals surface area contributed by atoms with Crippen molar-refractivity contribution in [1.29, 1.82) is 0 Å². The van der Waals surface area contributed by atoms with Crippen molar-refractivity contribution in [3.8, 4) is 0 Å². The number of fused-ring (bicyclic) bond motifs is 1. The van der Waals surface area contributed by atoms with Gasteiger partial charge in [-0.3, -0.25) is 14.9 Å². The fourth-order valence-electron chi connectivity index (χ4n) is 2.43.